The standard InChI is InChI=1S/C9H14Cl5N3/c1-7(2,3)4-17-5-15-16-6(17)8(10,11)9(12,13)14/h15H,4-5H2,1-3H3. The average Bonchev–Trinajstić information content (AvgIpc) is 2.46. The van der Waals surface area contributed by atoms with E-state index in [1.165, 1.54) is 0 Å². The van der Waals surface area contributed by atoms with E-state index in [0.717, 1.165) is 0 Å². The van der Waals surface area contributed by atoms with Gasteiger partial charge in [-0.15, -0.1) is 0 Å². The van der Waals surface area contributed by atoms with Gasteiger partial charge in [0.2, 0.25) is 8.13 Å². The molecule has 0 atom stereocenters. The van der Waals surface area contributed by atoms with Crippen LogP contribution in [0.3, 0.4) is 0 Å². The summed E-state index contributed by atoms with van der Waals surface area (Å²) in [5.41, 5.74) is 2.84. The van der Waals surface area contributed by atoms with Crippen molar-refractivity contribution >= 4 is 63.8 Å². The lowest BCUT2D eigenvalue weighted by atomic mass is 9.96. The molecule has 0 spiro atoms. The summed E-state index contributed by atoms with van der Waals surface area (Å²) < 4.78 is -3.54. The predicted octanol–water partition coefficient (Wildman–Crippen LogP) is 3.75. The van der Waals surface area contributed by atoms with E-state index in [0.29, 0.717) is 19.0 Å². The van der Waals surface area contributed by atoms with Gasteiger partial charge in [0, 0.05) is 6.54 Å². The van der Waals surface area contributed by atoms with Crippen LogP contribution in [0, 0.1) is 5.41 Å². The Labute approximate surface area is 126 Å². The van der Waals surface area contributed by atoms with Crippen LogP contribution in [0.15, 0.2) is 5.10 Å². The number of nitrogens with one attached hydrogen (secondary N) is 1. The van der Waals surface area contributed by atoms with Crippen LogP contribution in [-0.2, 0) is 0 Å². The maximum atomic E-state index is 6.10. The molecule has 0 radical (unpaired) electrons. The van der Waals surface area contributed by atoms with Crippen LogP contribution in [0.25, 0.3) is 0 Å². The summed E-state index contributed by atoms with van der Waals surface area (Å²) in [5, 5.41) is 4.01. The van der Waals surface area contributed by atoms with Gasteiger partial charge in [-0.1, -0.05) is 78.8 Å². The third kappa shape index (κ3) is 3.84. The van der Waals surface area contributed by atoms with E-state index < -0.39 is 8.13 Å². The molecular formula is C9H14Cl5N3. The van der Waals surface area contributed by atoms with Crippen LogP contribution in [0.4, 0.5) is 0 Å². The van der Waals surface area contributed by atoms with E-state index in [4.69, 9.17) is 58.0 Å². The molecule has 0 aromatic heterocycles. The number of amidine groups is 1. The highest BCUT2D eigenvalue weighted by molar-refractivity contribution is 6.79. The quantitative estimate of drug-likeness (QED) is 0.775. The molecule has 0 unspecified atom stereocenters. The minimum absolute atomic E-state index is 0.0459. The first kappa shape index (κ1) is 15.8. The predicted molar refractivity (Wildman–Crippen MR) is 76.3 cm³/mol. The molecule has 17 heavy (non-hydrogen) atoms. The summed E-state index contributed by atoms with van der Waals surface area (Å²) in [6, 6.07) is 0. The molecule has 1 aliphatic rings. The Kier molecular flexibility index (Phi) is 4.65. The zero-order chi connectivity index (χ0) is 13.5. The second-order valence-corrected chi connectivity index (χ2v) is 8.69. The summed E-state index contributed by atoms with van der Waals surface area (Å²) in [7, 11) is 0. The molecule has 1 heterocycles. The number of rotatable bonds is 2. The van der Waals surface area contributed by atoms with Crippen molar-refractivity contribution in [1.82, 2.24) is 10.3 Å². The van der Waals surface area contributed by atoms with E-state index in [-0.39, 0.29) is 5.41 Å². The van der Waals surface area contributed by atoms with Crippen LogP contribution in [0.2, 0.25) is 0 Å². The summed E-state index contributed by atoms with van der Waals surface area (Å²) in [6.07, 6.45) is 0. The molecule has 1 rings (SSSR count). The van der Waals surface area contributed by atoms with Gasteiger partial charge in [-0.05, 0) is 5.41 Å². The van der Waals surface area contributed by atoms with Gasteiger partial charge >= 0.3 is 0 Å². The van der Waals surface area contributed by atoms with Crippen LogP contribution in [-0.4, -0.2) is 32.1 Å². The third-order valence-electron chi connectivity index (χ3n) is 2.05. The van der Waals surface area contributed by atoms with E-state index in [9.17, 15) is 0 Å². The van der Waals surface area contributed by atoms with Gasteiger partial charge < -0.3 is 4.90 Å². The van der Waals surface area contributed by atoms with E-state index in [1.54, 1.807) is 0 Å². The monoisotopic (exact) mass is 339 g/mol. The molecule has 0 fully saturated rings. The van der Waals surface area contributed by atoms with Crippen molar-refractivity contribution in [3.8, 4) is 0 Å². The molecule has 100 valence electrons. The molecule has 0 amide bonds. The Morgan fingerprint density at radius 1 is 1.18 bits per heavy atom. The first-order valence-electron chi connectivity index (χ1n) is 4.96. The minimum atomic E-state index is -1.85. The Balaban J connectivity index is 2.91. The second kappa shape index (κ2) is 5.01. The maximum absolute atomic E-state index is 6.10. The lowest BCUT2D eigenvalue weighted by molar-refractivity contribution is 0.276. The van der Waals surface area contributed by atoms with Crippen molar-refractivity contribution in [2.24, 2.45) is 10.5 Å². The highest BCUT2D eigenvalue weighted by atomic mass is 35.6. The van der Waals surface area contributed by atoms with Gasteiger partial charge in [0.1, 0.15) is 6.67 Å². The lowest BCUT2D eigenvalue weighted by Gasteiger charge is -2.34. The molecule has 1 N–H and O–H groups in total. The molecule has 0 saturated heterocycles. The van der Waals surface area contributed by atoms with E-state index in [2.05, 4.69) is 31.3 Å². The van der Waals surface area contributed by atoms with Gasteiger partial charge in [0.15, 0.2) is 5.84 Å². The summed E-state index contributed by atoms with van der Waals surface area (Å²) in [4.78, 5) is 1.86. The molecule has 0 aromatic carbocycles. The van der Waals surface area contributed by atoms with Gasteiger partial charge in [0.05, 0.1) is 0 Å². The number of halogens is 5. The van der Waals surface area contributed by atoms with Crippen LogP contribution >= 0.6 is 58.0 Å². The fourth-order valence-electron chi connectivity index (χ4n) is 1.44. The smallest absolute Gasteiger partial charge is 0.230 e. The molecule has 8 heteroatoms. The van der Waals surface area contributed by atoms with Crippen molar-refractivity contribution in [1.29, 1.82) is 0 Å². The van der Waals surface area contributed by atoms with Gasteiger partial charge in [-0.25, -0.2) is 0 Å². The third-order valence-corrected chi connectivity index (χ3v) is 4.38. The summed E-state index contributed by atoms with van der Waals surface area (Å²) in [6.45, 7) is 7.45. The van der Waals surface area contributed by atoms with E-state index >= 15 is 0 Å². The highest BCUT2D eigenvalue weighted by Gasteiger charge is 2.53. The lowest BCUT2D eigenvalue weighted by Crippen LogP contribution is -2.49. The minimum Gasteiger partial charge on any atom is -0.336 e. The molecule has 0 aromatic rings. The van der Waals surface area contributed by atoms with Gasteiger partial charge in [-0.3, -0.25) is 5.43 Å². The largest absolute Gasteiger partial charge is 0.336 e. The molecule has 0 saturated carbocycles. The zero-order valence-corrected chi connectivity index (χ0v) is 13.5. The van der Waals surface area contributed by atoms with Crippen LogP contribution in [0.1, 0.15) is 20.8 Å². The molecule has 1 aliphatic heterocycles. The first-order valence-corrected chi connectivity index (χ1v) is 6.85. The van der Waals surface area contributed by atoms with Crippen molar-refractivity contribution < 1.29 is 0 Å². The van der Waals surface area contributed by atoms with Crippen molar-refractivity contribution in [2.45, 2.75) is 28.9 Å². The van der Waals surface area contributed by atoms with Crippen molar-refractivity contribution in [3.05, 3.63) is 0 Å². The molecule has 0 aliphatic carbocycles. The normalized spacial score (nSPS) is 18.1. The second-order valence-electron chi connectivity index (χ2n) is 5.08. The summed E-state index contributed by atoms with van der Waals surface area (Å²) >= 11 is 29.5. The zero-order valence-electron chi connectivity index (χ0n) is 9.70. The van der Waals surface area contributed by atoms with Crippen LogP contribution in [0.5, 0.6) is 0 Å². The van der Waals surface area contributed by atoms with E-state index in [1.807, 2.05) is 4.90 Å². The Morgan fingerprint density at radius 2 is 1.71 bits per heavy atom. The first-order chi connectivity index (χ1) is 7.45. The Morgan fingerprint density at radius 3 is 2.12 bits per heavy atom. The van der Waals surface area contributed by atoms with Crippen LogP contribution < -0.4 is 5.43 Å². The number of hydrogen-bond donors (Lipinski definition) is 1. The Bertz CT molecular complexity index is 316. The van der Waals surface area contributed by atoms with Gasteiger partial charge in [-0.2, -0.15) is 5.10 Å². The number of hydrogen-bond acceptors (Lipinski definition) is 3. The SMILES string of the molecule is CC(C)(C)CN1CNN=C1C(Cl)(Cl)C(Cl)(Cl)Cl. The van der Waals surface area contributed by atoms with Gasteiger partial charge in [0.25, 0.3) is 0 Å². The van der Waals surface area contributed by atoms with Crippen molar-refractivity contribution in [2.75, 3.05) is 13.2 Å². The number of alkyl halides is 5. The molecular weight excluding hydrogens is 327 g/mol. The summed E-state index contributed by atoms with van der Waals surface area (Å²) in [5.74, 6) is 0.329. The highest BCUT2D eigenvalue weighted by Crippen LogP contribution is 2.48. The Hall–Kier alpha value is 0.720. The average molecular weight is 341 g/mol. The number of nitrogens with zero attached hydrogens (tertiary/aromatic N) is 2. The number of hydrazone groups is 1. The van der Waals surface area contributed by atoms with Crippen molar-refractivity contribution in [3.63, 3.8) is 0 Å². The topological polar surface area (TPSA) is 27.6 Å². The maximum Gasteiger partial charge on any atom is 0.230 e. The molecule has 3 nitrogen and oxygen atoms in total. The molecule has 0 bridgehead atoms. The fourth-order valence-corrected chi connectivity index (χ4v) is 2.02. The fraction of sp³-hybridized carbons (Fsp3) is 0.889.